The predicted octanol–water partition coefficient (Wildman–Crippen LogP) is 3.59. The molecular formula is C25H29F2N2O+. The average molecular weight is 412 g/mol. The van der Waals surface area contributed by atoms with Gasteiger partial charge in [0.25, 0.3) is 11.7 Å². The number of hydrogen-bond donors (Lipinski definition) is 0. The predicted molar refractivity (Wildman–Crippen MR) is 120 cm³/mol. The van der Waals surface area contributed by atoms with Gasteiger partial charge in [0.15, 0.2) is 0 Å². The lowest BCUT2D eigenvalue weighted by Gasteiger charge is -2.24. The highest BCUT2D eigenvalue weighted by atomic mass is 19.3. The maximum Gasteiger partial charge on any atom is 0.357 e. The smallest absolute Gasteiger partial charge is 0.351 e. The lowest BCUT2D eigenvalue weighted by Crippen LogP contribution is -2.36. The zero-order chi connectivity index (χ0) is 22.1. The molecule has 0 atom stereocenters. The van der Waals surface area contributed by atoms with Gasteiger partial charge < -0.3 is 4.90 Å². The molecule has 0 aromatic heterocycles. The third-order valence-electron chi connectivity index (χ3n) is 5.90. The number of hydrogen-bond acceptors (Lipinski definition) is 2. The van der Waals surface area contributed by atoms with Crippen LogP contribution in [0.25, 0.3) is 12.8 Å². The van der Waals surface area contributed by atoms with E-state index < -0.39 is 18.1 Å². The number of carbonyl (C=O) groups is 1. The highest BCUT2D eigenvalue weighted by Gasteiger charge is 2.40. The summed E-state index contributed by atoms with van der Waals surface area (Å²) in [6, 6.07) is 3.56. The molecule has 1 aliphatic carbocycles. The lowest BCUT2D eigenvalue weighted by molar-refractivity contribution is 0.0626. The van der Waals surface area contributed by atoms with Crippen molar-refractivity contribution in [2.75, 3.05) is 6.54 Å². The first-order chi connectivity index (χ1) is 14.1. The van der Waals surface area contributed by atoms with Gasteiger partial charge in [-0.25, -0.2) is 8.78 Å². The fraction of sp³-hybridized carbons (Fsp3) is 0.400. The van der Waals surface area contributed by atoms with Crippen LogP contribution in [0.3, 0.4) is 0 Å². The van der Waals surface area contributed by atoms with Crippen molar-refractivity contribution in [1.82, 2.24) is 9.57 Å². The molecule has 1 aromatic carbocycles. The Balaban J connectivity index is 2.02. The standard InChI is InChI=1S/C25H29F2N2O/c1-6-25(26,27)13-23-24(30)22-12-20(17(4)11-21(22)18(5)28-23)15-29(16(2)3)14-19-9-7-8-10-19/h6,11-12,15,19H,1-2,4,7-10,13-14H2,3,5H3/q+1/b20-15-. The summed E-state index contributed by atoms with van der Waals surface area (Å²) in [4.78, 5) is 15.0. The third-order valence-corrected chi connectivity index (χ3v) is 5.90. The normalized spacial score (nSPS) is 17.5. The van der Waals surface area contributed by atoms with E-state index in [1.54, 1.807) is 13.0 Å². The van der Waals surface area contributed by atoms with Crippen LogP contribution >= 0.6 is 0 Å². The second kappa shape index (κ2) is 8.53. The van der Waals surface area contributed by atoms with Crippen LogP contribution in [0.2, 0.25) is 0 Å². The number of Topliss-reactive ketones (excluding diaryl/α,β-unsaturated/α-hetero) is 1. The summed E-state index contributed by atoms with van der Waals surface area (Å²) < 4.78 is 31.8. The van der Waals surface area contributed by atoms with E-state index in [1.807, 2.05) is 19.2 Å². The molecule has 0 N–H and O–H groups in total. The maximum absolute atomic E-state index is 13.8. The number of rotatable bonds is 7. The summed E-state index contributed by atoms with van der Waals surface area (Å²) in [5, 5.41) is 1.54. The van der Waals surface area contributed by atoms with Crippen molar-refractivity contribution in [1.29, 1.82) is 0 Å². The first-order valence-electron chi connectivity index (χ1n) is 10.4. The molecular weight excluding hydrogens is 382 g/mol. The summed E-state index contributed by atoms with van der Waals surface area (Å²) in [6.45, 7) is 15.9. The number of allylic oxidation sites excluding steroid dienone is 2. The van der Waals surface area contributed by atoms with Crippen molar-refractivity contribution >= 4 is 30.0 Å². The molecule has 1 heterocycles. The Morgan fingerprint density at radius 1 is 1.30 bits per heavy atom. The van der Waals surface area contributed by atoms with Gasteiger partial charge in [0.05, 0.1) is 5.56 Å². The van der Waals surface area contributed by atoms with Gasteiger partial charge in [-0.1, -0.05) is 37.2 Å². The van der Waals surface area contributed by atoms with Crippen LogP contribution in [0.4, 0.5) is 8.78 Å². The van der Waals surface area contributed by atoms with Crippen molar-refractivity contribution in [2.24, 2.45) is 5.92 Å². The van der Waals surface area contributed by atoms with Gasteiger partial charge in [-0.15, -0.1) is 0 Å². The fourth-order valence-electron chi connectivity index (χ4n) is 4.11. The van der Waals surface area contributed by atoms with Gasteiger partial charge in [0.2, 0.25) is 0 Å². The van der Waals surface area contributed by atoms with E-state index in [2.05, 4.69) is 29.3 Å². The largest absolute Gasteiger partial charge is 0.357 e. The molecule has 158 valence electrons. The second-order valence-corrected chi connectivity index (χ2v) is 8.38. The van der Waals surface area contributed by atoms with Crippen LogP contribution in [0.1, 0.15) is 61.9 Å². The number of alkyl halides is 2. The Morgan fingerprint density at radius 2 is 1.97 bits per heavy atom. The van der Waals surface area contributed by atoms with E-state index in [9.17, 15) is 13.6 Å². The van der Waals surface area contributed by atoms with Crippen LogP contribution in [-0.2, 0) is 0 Å². The molecule has 3 rings (SSSR count). The fourth-order valence-corrected chi connectivity index (χ4v) is 4.11. The van der Waals surface area contributed by atoms with Crippen LogP contribution in [0, 0.1) is 5.92 Å². The monoisotopic (exact) mass is 411 g/mol. The summed E-state index contributed by atoms with van der Waals surface area (Å²) >= 11 is 0. The first-order valence-corrected chi connectivity index (χ1v) is 10.4. The summed E-state index contributed by atoms with van der Waals surface area (Å²) in [7, 11) is 0. The number of ketones is 1. The van der Waals surface area contributed by atoms with Gasteiger partial charge >= 0.3 is 11.4 Å². The quantitative estimate of drug-likeness (QED) is 0.508. The highest BCUT2D eigenvalue weighted by molar-refractivity contribution is 6.49. The van der Waals surface area contributed by atoms with E-state index in [0.717, 1.165) is 22.7 Å². The highest BCUT2D eigenvalue weighted by Crippen LogP contribution is 2.26. The minimum atomic E-state index is -3.18. The minimum absolute atomic E-state index is 0.143. The van der Waals surface area contributed by atoms with E-state index in [1.165, 1.54) is 25.7 Å². The average Bonchev–Trinajstić information content (AvgIpc) is 3.19. The molecule has 0 bridgehead atoms. The number of benzene rings is 1. The Labute approximate surface area is 176 Å². The summed E-state index contributed by atoms with van der Waals surface area (Å²) in [5.41, 5.74) is 2.35. The molecule has 0 radical (unpaired) electrons. The van der Waals surface area contributed by atoms with Crippen LogP contribution in [0.5, 0.6) is 0 Å². The van der Waals surface area contributed by atoms with E-state index in [-0.39, 0.29) is 5.71 Å². The van der Waals surface area contributed by atoms with Crippen LogP contribution in [0.15, 0.2) is 37.1 Å². The Hall–Kier alpha value is -2.78. The van der Waals surface area contributed by atoms with E-state index in [0.29, 0.717) is 28.8 Å². The molecule has 0 spiro atoms. The number of halogens is 2. The number of nitrogens with zero attached hydrogens (tertiary/aromatic N) is 2. The zero-order valence-corrected chi connectivity index (χ0v) is 17.8. The van der Waals surface area contributed by atoms with Crippen molar-refractivity contribution in [2.45, 2.75) is 51.9 Å². The topological polar surface area (TPSA) is 34.4 Å². The lowest BCUT2D eigenvalue weighted by atomic mass is 9.92. The third kappa shape index (κ3) is 4.68. The summed E-state index contributed by atoms with van der Waals surface area (Å²) in [6.07, 6.45) is 6.71. The number of fused-ring (bicyclic) bond motifs is 1. The molecule has 0 unspecified atom stereocenters. The molecule has 3 nitrogen and oxygen atoms in total. The number of carbonyl (C=O) groups excluding carboxylic acids is 1. The molecule has 0 amide bonds. The van der Waals surface area contributed by atoms with E-state index >= 15 is 0 Å². The van der Waals surface area contributed by atoms with E-state index in [4.69, 9.17) is 0 Å². The molecule has 1 aliphatic heterocycles. The van der Waals surface area contributed by atoms with Gasteiger partial charge in [-0.3, -0.25) is 4.79 Å². The zero-order valence-electron chi connectivity index (χ0n) is 17.8. The van der Waals surface area contributed by atoms with Crippen molar-refractivity contribution < 1.29 is 13.6 Å². The van der Waals surface area contributed by atoms with Crippen LogP contribution in [-0.4, -0.2) is 34.6 Å². The molecule has 5 heteroatoms. The SMILES string of the molecule is C=CC(F)(F)CC1=[N+]=C(C)c2cc(=C)/c(=C\N(CC3CCCC3)C(=C)C)cc2C1=O. The molecule has 2 aliphatic rings. The van der Waals surface area contributed by atoms with Gasteiger partial charge in [-0.2, -0.15) is 0 Å². The second-order valence-electron chi connectivity index (χ2n) is 8.38. The molecule has 0 saturated heterocycles. The van der Waals surface area contributed by atoms with Crippen molar-refractivity contribution in [3.63, 3.8) is 0 Å². The Morgan fingerprint density at radius 3 is 2.57 bits per heavy atom. The van der Waals surface area contributed by atoms with Gasteiger partial charge in [0.1, 0.15) is 6.42 Å². The molecule has 1 fully saturated rings. The molecule has 1 aromatic rings. The first kappa shape index (κ1) is 21.9. The van der Waals surface area contributed by atoms with Crippen LogP contribution < -0.4 is 15.1 Å². The van der Waals surface area contributed by atoms with Gasteiger partial charge in [0, 0.05) is 30.9 Å². The Kier molecular flexibility index (Phi) is 6.23. The van der Waals surface area contributed by atoms with Crippen molar-refractivity contribution in [3.05, 3.63) is 58.6 Å². The summed E-state index contributed by atoms with van der Waals surface area (Å²) in [5.74, 6) is -3.02. The Bertz CT molecular complexity index is 1070. The van der Waals surface area contributed by atoms with Gasteiger partial charge in [-0.05, 0) is 54.3 Å². The molecule has 1 saturated carbocycles. The minimum Gasteiger partial charge on any atom is -0.351 e. The molecule has 30 heavy (non-hydrogen) atoms. The maximum atomic E-state index is 13.8. The van der Waals surface area contributed by atoms with Crippen molar-refractivity contribution in [3.8, 4) is 0 Å².